The Bertz CT molecular complexity index is 452. The SMILES string of the molecule is O=C(NC1CCN(C2CCCC2)C1)NC1CCOC2(CCCCC2)C1. The van der Waals surface area contributed by atoms with Crippen molar-refractivity contribution in [2.45, 2.75) is 101 Å². The quantitative estimate of drug-likeness (QED) is 0.823. The van der Waals surface area contributed by atoms with Crippen LogP contribution < -0.4 is 10.6 Å². The van der Waals surface area contributed by atoms with E-state index in [-0.39, 0.29) is 17.7 Å². The van der Waals surface area contributed by atoms with Gasteiger partial charge in [-0.15, -0.1) is 0 Å². The van der Waals surface area contributed by atoms with E-state index in [4.69, 9.17) is 4.74 Å². The fourth-order valence-corrected chi connectivity index (χ4v) is 5.61. The smallest absolute Gasteiger partial charge is 0.315 e. The normalized spacial score (nSPS) is 33.6. The molecule has 2 saturated carbocycles. The van der Waals surface area contributed by atoms with Crippen molar-refractivity contribution in [3.63, 3.8) is 0 Å². The first-order chi connectivity index (χ1) is 12.2. The van der Waals surface area contributed by atoms with Crippen molar-refractivity contribution in [1.82, 2.24) is 15.5 Å². The molecule has 2 amide bonds. The Morgan fingerprint density at radius 1 is 0.920 bits per heavy atom. The van der Waals surface area contributed by atoms with Crippen LogP contribution in [0.4, 0.5) is 4.79 Å². The van der Waals surface area contributed by atoms with E-state index in [2.05, 4.69) is 15.5 Å². The van der Waals surface area contributed by atoms with Gasteiger partial charge in [-0.05, 0) is 44.9 Å². The van der Waals surface area contributed by atoms with Gasteiger partial charge in [-0.1, -0.05) is 32.1 Å². The van der Waals surface area contributed by atoms with Crippen molar-refractivity contribution in [2.75, 3.05) is 19.7 Å². The predicted molar refractivity (Wildman–Crippen MR) is 98.7 cm³/mol. The summed E-state index contributed by atoms with van der Waals surface area (Å²) in [4.78, 5) is 15.1. The molecule has 2 saturated heterocycles. The van der Waals surface area contributed by atoms with Gasteiger partial charge in [0.05, 0.1) is 5.60 Å². The van der Waals surface area contributed by atoms with E-state index in [0.717, 1.165) is 45.0 Å². The molecule has 142 valence electrons. The van der Waals surface area contributed by atoms with Gasteiger partial charge in [0.25, 0.3) is 0 Å². The van der Waals surface area contributed by atoms with Crippen LogP contribution in [0.15, 0.2) is 0 Å². The zero-order valence-electron chi connectivity index (χ0n) is 15.6. The van der Waals surface area contributed by atoms with Crippen LogP contribution in [-0.4, -0.2) is 54.4 Å². The third kappa shape index (κ3) is 4.30. The monoisotopic (exact) mass is 349 g/mol. The molecule has 0 bridgehead atoms. The molecule has 4 rings (SSSR count). The molecule has 5 heteroatoms. The molecule has 2 unspecified atom stereocenters. The summed E-state index contributed by atoms with van der Waals surface area (Å²) >= 11 is 0. The summed E-state index contributed by atoms with van der Waals surface area (Å²) in [5.74, 6) is 0. The molecule has 5 nitrogen and oxygen atoms in total. The molecule has 4 aliphatic rings. The van der Waals surface area contributed by atoms with Crippen LogP contribution in [0.1, 0.15) is 77.0 Å². The lowest BCUT2D eigenvalue weighted by atomic mass is 9.78. The molecular formula is C20H35N3O2. The number of urea groups is 1. The van der Waals surface area contributed by atoms with E-state index in [1.54, 1.807) is 0 Å². The maximum absolute atomic E-state index is 12.5. The first-order valence-electron chi connectivity index (χ1n) is 10.7. The van der Waals surface area contributed by atoms with Crippen LogP contribution in [0.5, 0.6) is 0 Å². The minimum Gasteiger partial charge on any atom is -0.375 e. The topological polar surface area (TPSA) is 53.6 Å². The standard InChI is InChI=1S/C20H35N3O2/c24-19(22-17-8-12-23(15-17)18-6-2-3-7-18)21-16-9-13-25-20(14-16)10-4-1-5-11-20/h16-18H,1-15H2,(H2,21,22,24). The molecule has 2 aliphatic carbocycles. The Hall–Kier alpha value is -0.810. The van der Waals surface area contributed by atoms with E-state index < -0.39 is 0 Å². The van der Waals surface area contributed by atoms with Crippen molar-refractivity contribution in [3.8, 4) is 0 Å². The lowest BCUT2D eigenvalue weighted by Crippen LogP contribution is -2.53. The highest BCUT2D eigenvalue weighted by atomic mass is 16.5. The van der Waals surface area contributed by atoms with E-state index in [1.165, 1.54) is 57.8 Å². The van der Waals surface area contributed by atoms with Crippen LogP contribution in [0, 0.1) is 0 Å². The van der Waals surface area contributed by atoms with Gasteiger partial charge < -0.3 is 15.4 Å². The van der Waals surface area contributed by atoms with Gasteiger partial charge in [0.1, 0.15) is 0 Å². The average Bonchev–Trinajstić information content (AvgIpc) is 3.27. The number of carbonyl (C=O) groups excluding carboxylic acids is 1. The molecule has 4 fully saturated rings. The summed E-state index contributed by atoms with van der Waals surface area (Å²) in [5, 5.41) is 6.49. The summed E-state index contributed by atoms with van der Waals surface area (Å²) in [7, 11) is 0. The van der Waals surface area contributed by atoms with Gasteiger partial charge in [-0.2, -0.15) is 0 Å². The maximum atomic E-state index is 12.5. The van der Waals surface area contributed by atoms with Crippen LogP contribution in [0.3, 0.4) is 0 Å². The number of rotatable bonds is 3. The molecule has 0 aromatic heterocycles. The highest BCUT2D eigenvalue weighted by molar-refractivity contribution is 5.74. The van der Waals surface area contributed by atoms with Gasteiger partial charge >= 0.3 is 6.03 Å². The molecule has 0 aromatic carbocycles. The van der Waals surface area contributed by atoms with Gasteiger partial charge in [0.15, 0.2) is 0 Å². The average molecular weight is 350 g/mol. The summed E-state index contributed by atoms with van der Waals surface area (Å²) in [5.41, 5.74) is 0.0566. The molecule has 0 radical (unpaired) electrons. The highest BCUT2D eigenvalue weighted by Gasteiger charge is 2.39. The summed E-state index contributed by atoms with van der Waals surface area (Å²) in [6.45, 7) is 2.98. The molecule has 1 spiro atoms. The number of nitrogens with one attached hydrogen (secondary N) is 2. The van der Waals surface area contributed by atoms with Crippen molar-refractivity contribution in [2.24, 2.45) is 0 Å². The van der Waals surface area contributed by atoms with Gasteiger partial charge in [0.2, 0.25) is 0 Å². The van der Waals surface area contributed by atoms with Crippen molar-refractivity contribution >= 4 is 6.03 Å². The second-order valence-corrected chi connectivity index (χ2v) is 8.82. The minimum absolute atomic E-state index is 0.0381. The van der Waals surface area contributed by atoms with Gasteiger partial charge in [-0.3, -0.25) is 4.90 Å². The van der Waals surface area contributed by atoms with Gasteiger partial charge in [0, 0.05) is 37.8 Å². The Kier molecular flexibility index (Phi) is 5.51. The molecule has 2 heterocycles. The zero-order chi connectivity index (χ0) is 17.1. The number of amides is 2. The van der Waals surface area contributed by atoms with Crippen LogP contribution >= 0.6 is 0 Å². The van der Waals surface area contributed by atoms with Crippen molar-refractivity contribution in [1.29, 1.82) is 0 Å². The lowest BCUT2D eigenvalue weighted by molar-refractivity contribution is -0.107. The summed E-state index contributed by atoms with van der Waals surface area (Å²) < 4.78 is 6.14. The Balaban J connectivity index is 1.22. The third-order valence-electron chi connectivity index (χ3n) is 6.99. The van der Waals surface area contributed by atoms with E-state index >= 15 is 0 Å². The number of likely N-dealkylation sites (tertiary alicyclic amines) is 1. The minimum atomic E-state index is 0.0381. The first kappa shape index (κ1) is 17.6. The molecule has 0 aromatic rings. The summed E-state index contributed by atoms with van der Waals surface area (Å²) in [6, 6.07) is 1.41. The molecule has 2 aliphatic heterocycles. The Morgan fingerprint density at radius 3 is 2.48 bits per heavy atom. The fourth-order valence-electron chi connectivity index (χ4n) is 5.61. The van der Waals surface area contributed by atoms with Gasteiger partial charge in [-0.25, -0.2) is 4.79 Å². The second-order valence-electron chi connectivity index (χ2n) is 8.82. The molecule has 25 heavy (non-hydrogen) atoms. The number of hydrogen-bond acceptors (Lipinski definition) is 3. The Morgan fingerprint density at radius 2 is 1.68 bits per heavy atom. The fraction of sp³-hybridized carbons (Fsp3) is 0.950. The Labute approximate surface area is 152 Å². The maximum Gasteiger partial charge on any atom is 0.315 e. The molecule has 2 atom stereocenters. The van der Waals surface area contributed by atoms with E-state index in [0.29, 0.717) is 6.04 Å². The van der Waals surface area contributed by atoms with Crippen molar-refractivity contribution in [3.05, 3.63) is 0 Å². The molecular weight excluding hydrogens is 314 g/mol. The van der Waals surface area contributed by atoms with E-state index in [1.807, 2.05) is 0 Å². The van der Waals surface area contributed by atoms with Crippen LogP contribution in [0.2, 0.25) is 0 Å². The van der Waals surface area contributed by atoms with Crippen molar-refractivity contribution < 1.29 is 9.53 Å². The van der Waals surface area contributed by atoms with Crippen LogP contribution in [-0.2, 0) is 4.74 Å². The van der Waals surface area contributed by atoms with E-state index in [9.17, 15) is 4.79 Å². The summed E-state index contributed by atoms with van der Waals surface area (Å²) in [6.07, 6.45) is 14.7. The number of hydrogen-bond donors (Lipinski definition) is 2. The highest BCUT2D eigenvalue weighted by Crippen LogP contribution is 2.38. The zero-order valence-corrected chi connectivity index (χ0v) is 15.6. The number of ether oxygens (including phenoxy) is 1. The third-order valence-corrected chi connectivity index (χ3v) is 6.99. The first-order valence-corrected chi connectivity index (χ1v) is 10.7. The largest absolute Gasteiger partial charge is 0.375 e. The molecule has 2 N–H and O–H groups in total. The second kappa shape index (κ2) is 7.83. The predicted octanol–water partition coefficient (Wildman–Crippen LogP) is 3.18. The van der Waals surface area contributed by atoms with Crippen LogP contribution in [0.25, 0.3) is 0 Å². The number of carbonyl (C=O) groups is 1. The number of nitrogens with zero attached hydrogens (tertiary/aromatic N) is 1. The lowest BCUT2D eigenvalue weighted by Gasteiger charge is -2.43.